The van der Waals surface area contributed by atoms with Crippen LogP contribution in [0.5, 0.6) is 0 Å². The maximum Gasteiger partial charge on any atom is 0.416 e. The lowest BCUT2D eigenvalue weighted by molar-refractivity contribution is -0.137. The first-order valence-electron chi connectivity index (χ1n) is 8.52. The van der Waals surface area contributed by atoms with Gasteiger partial charge in [-0.05, 0) is 38.0 Å². The van der Waals surface area contributed by atoms with E-state index < -0.39 is 11.7 Å². The third-order valence-corrected chi connectivity index (χ3v) is 4.46. The normalized spacial score (nSPS) is 14.5. The van der Waals surface area contributed by atoms with E-state index in [-0.39, 0.29) is 30.7 Å². The van der Waals surface area contributed by atoms with Gasteiger partial charge in [-0.3, -0.25) is 4.79 Å². The van der Waals surface area contributed by atoms with Crippen molar-refractivity contribution in [1.29, 1.82) is 0 Å². The standard InChI is InChI=1S/C18H20F3N3O2/c1-2-23(8-9-25)17(26)15-11-22-24(16(15)12-6-7-12)14-5-3-4-13(10-14)18(19,20)21/h3-5,10-12,25H,2,6-9H2,1H3. The molecule has 1 fully saturated rings. The van der Waals surface area contributed by atoms with E-state index in [0.29, 0.717) is 17.8 Å². The number of aromatic nitrogens is 2. The highest BCUT2D eigenvalue weighted by Crippen LogP contribution is 2.43. The van der Waals surface area contributed by atoms with Crippen molar-refractivity contribution in [3.8, 4) is 5.69 Å². The number of amides is 1. The summed E-state index contributed by atoms with van der Waals surface area (Å²) in [5.41, 5.74) is 0.562. The van der Waals surface area contributed by atoms with E-state index in [1.807, 2.05) is 6.92 Å². The predicted molar refractivity (Wildman–Crippen MR) is 89.2 cm³/mol. The predicted octanol–water partition coefficient (Wildman–Crippen LogP) is 3.22. The van der Waals surface area contributed by atoms with Crippen LogP contribution in [0.3, 0.4) is 0 Å². The van der Waals surface area contributed by atoms with E-state index in [0.717, 1.165) is 25.0 Å². The Morgan fingerprint density at radius 3 is 2.69 bits per heavy atom. The van der Waals surface area contributed by atoms with Crippen molar-refractivity contribution >= 4 is 5.91 Å². The molecule has 1 heterocycles. The van der Waals surface area contributed by atoms with Gasteiger partial charge in [-0.2, -0.15) is 18.3 Å². The lowest BCUT2D eigenvalue weighted by atomic mass is 10.1. The van der Waals surface area contributed by atoms with Gasteiger partial charge >= 0.3 is 6.18 Å². The molecule has 3 rings (SSSR count). The molecule has 0 unspecified atom stereocenters. The zero-order valence-electron chi connectivity index (χ0n) is 14.3. The number of alkyl halides is 3. The van der Waals surface area contributed by atoms with Crippen LogP contribution < -0.4 is 0 Å². The molecule has 0 atom stereocenters. The highest BCUT2D eigenvalue weighted by Gasteiger charge is 2.35. The summed E-state index contributed by atoms with van der Waals surface area (Å²) >= 11 is 0. The number of rotatable bonds is 6. The molecule has 0 bridgehead atoms. The summed E-state index contributed by atoms with van der Waals surface area (Å²) in [6.45, 7) is 2.29. The van der Waals surface area contributed by atoms with Crippen LogP contribution in [-0.4, -0.2) is 45.4 Å². The Morgan fingerprint density at radius 1 is 1.38 bits per heavy atom. The molecular weight excluding hydrogens is 347 g/mol. The topological polar surface area (TPSA) is 58.4 Å². The van der Waals surface area contributed by atoms with Gasteiger partial charge in [0.2, 0.25) is 0 Å². The number of nitrogens with zero attached hydrogens (tertiary/aromatic N) is 3. The minimum absolute atomic E-state index is 0.110. The fourth-order valence-corrected chi connectivity index (χ4v) is 2.99. The number of carbonyl (C=O) groups is 1. The van der Waals surface area contributed by atoms with Crippen LogP contribution in [0, 0.1) is 0 Å². The Labute approximate surface area is 149 Å². The van der Waals surface area contributed by atoms with Crippen LogP contribution in [0.15, 0.2) is 30.5 Å². The molecule has 1 aromatic heterocycles. The average Bonchev–Trinajstić information content (AvgIpc) is 3.36. The van der Waals surface area contributed by atoms with Gasteiger partial charge < -0.3 is 10.0 Å². The number of aliphatic hydroxyl groups excluding tert-OH is 1. The Balaban J connectivity index is 2.03. The van der Waals surface area contributed by atoms with Gasteiger partial charge in [-0.1, -0.05) is 6.07 Å². The maximum atomic E-state index is 13.0. The summed E-state index contributed by atoms with van der Waals surface area (Å²) in [5.74, 6) is -0.152. The number of halogens is 3. The van der Waals surface area contributed by atoms with Crippen LogP contribution in [0.4, 0.5) is 13.2 Å². The van der Waals surface area contributed by atoms with Crippen molar-refractivity contribution in [2.24, 2.45) is 0 Å². The molecule has 2 aromatic rings. The minimum Gasteiger partial charge on any atom is -0.395 e. The van der Waals surface area contributed by atoms with Crippen molar-refractivity contribution < 1.29 is 23.1 Å². The third-order valence-electron chi connectivity index (χ3n) is 4.46. The molecule has 1 aromatic carbocycles. The SMILES string of the molecule is CCN(CCO)C(=O)c1cnn(-c2cccc(C(F)(F)F)c2)c1C1CC1. The Morgan fingerprint density at radius 2 is 2.12 bits per heavy atom. The number of aliphatic hydroxyl groups is 1. The van der Waals surface area contributed by atoms with Gasteiger partial charge in [0.1, 0.15) is 0 Å². The minimum atomic E-state index is -4.44. The van der Waals surface area contributed by atoms with Crippen LogP contribution >= 0.6 is 0 Å². The zero-order valence-corrected chi connectivity index (χ0v) is 14.3. The summed E-state index contributed by atoms with van der Waals surface area (Å²) in [4.78, 5) is 14.3. The highest BCUT2D eigenvalue weighted by molar-refractivity contribution is 5.95. The van der Waals surface area contributed by atoms with Crippen LogP contribution in [0.2, 0.25) is 0 Å². The first-order valence-corrected chi connectivity index (χ1v) is 8.52. The summed E-state index contributed by atoms with van der Waals surface area (Å²) in [6, 6.07) is 4.93. The molecule has 1 aliphatic carbocycles. The number of carbonyl (C=O) groups excluding carboxylic acids is 1. The quantitative estimate of drug-likeness (QED) is 0.853. The summed E-state index contributed by atoms with van der Waals surface area (Å²) < 4.78 is 40.5. The smallest absolute Gasteiger partial charge is 0.395 e. The summed E-state index contributed by atoms with van der Waals surface area (Å²) in [5, 5.41) is 13.3. The molecule has 0 saturated heterocycles. The third kappa shape index (κ3) is 3.60. The lowest BCUT2D eigenvalue weighted by Crippen LogP contribution is -2.33. The molecule has 1 amide bonds. The van der Waals surface area contributed by atoms with Crippen LogP contribution in [-0.2, 0) is 6.18 Å². The Kier molecular flexibility index (Phi) is 5.04. The van der Waals surface area contributed by atoms with E-state index in [4.69, 9.17) is 5.11 Å². The van der Waals surface area contributed by atoms with Crippen LogP contribution in [0.1, 0.15) is 47.3 Å². The van der Waals surface area contributed by atoms with Crippen molar-refractivity contribution in [3.05, 3.63) is 47.3 Å². The lowest BCUT2D eigenvalue weighted by Gasteiger charge is -2.20. The largest absolute Gasteiger partial charge is 0.416 e. The van der Waals surface area contributed by atoms with Crippen molar-refractivity contribution in [1.82, 2.24) is 14.7 Å². The molecule has 1 N–H and O–H groups in total. The Bertz CT molecular complexity index is 797. The number of likely N-dealkylation sites (N-methyl/N-ethyl adjacent to an activating group) is 1. The molecule has 1 aliphatic rings. The fourth-order valence-electron chi connectivity index (χ4n) is 2.99. The van der Waals surface area contributed by atoms with Crippen LogP contribution in [0.25, 0.3) is 5.69 Å². The molecule has 1 saturated carbocycles. The molecule has 8 heteroatoms. The molecule has 26 heavy (non-hydrogen) atoms. The first-order chi connectivity index (χ1) is 12.4. The maximum absolute atomic E-state index is 13.0. The molecule has 0 aliphatic heterocycles. The second-order valence-corrected chi connectivity index (χ2v) is 6.29. The number of hydrogen-bond acceptors (Lipinski definition) is 3. The molecule has 140 valence electrons. The molecule has 0 spiro atoms. The van der Waals surface area contributed by atoms with Gasteiger partial charge in [0.05, 0.1) is 35.3 Å². The van der Waals surface area contributed by atoms with E-state index >= 15 is 0 Å². The van der Waals surface area contributed by atoms with E-state index in [1.54, 1.807) is 6.07 Å². The van der Waals surface area contributed by atoms with E-state index in [9.17, 15) is 18.0 Å². The molecule has 0 radical (unpaired) electrons. The van der Waals surface area contributed by atoms with Gasteiger partial charge in [-0.15, -0.1) is 0 Å². The van der Waals surface area contributed by atoms with Crippen molar-refractivity contribution in [2.75, 3.05) is 19.7 Å². The van der Waals surface area contributed by atoms with E-state index in [1.165, 1.54) is 21.8 Å². The van der Waals surface area contributed by atoms with Gasteiger partial charge in [0.15, 0.2) is 0 Å². The van der Waals surface area contributed by atoms with Gasteiger partial charge in [0.25, 0.3) is 5.91 Å². The van der Waals surface area contributed by atoms with Crippen molar-refractivity contribution in [2.45, 2.75) is 31.9 Å². The highest BCUT2D eigenvalue weighted by atomic mass is 19.4. The number of hydrogen-bond donors (Lipinski definition) is 1. The fraction of sp³-hybridized carbons (Fsp3) is 0.444. The summed E-state index contributed by atoms with van der Waals surface area (Å²) in [6.07, 6.45) is -1.29. The molecule has 5 nitrogen and oxygen atoms in total. The second kappa shape index (κ2) is 7.11. The molecular formula is C18H20F3N3O2. The van der Waals surface area contributed by atoms with Crippen molar-refractivity contribution in [3.63, 3.8) is 0 Å². The second-order valence-electron chi connectivity index (χ2n) is 6.29. The first kappa shape index (κ1) is 18.4. The average molecular weight is 367 g/mol. The Hall–Kier alpha value is -2.35. The van der Waals surface area contributed by atoms with Gasteiger partial charge in [-0.25, -0.2) is 4.68 Å². The summed E-state index contributed by atoms with van der Waals surface area (Å²) in [7, 11) is 0. The zero-order chi connectivity index (χ0) is 18.9. The monoisotopic (exact) mass is 367 g/mol. The van der Waals surface area contributed by atoms with Gasteiger partial charge in [0, 0.05) is 19.0 Å². The number of benzene rings is 1. The van der Waals surface area contributed by atoms with E-state index in [2.05, 4.69) is 5.10 Å².